The van der Waals surface area contributed by atoms with E-state index in [9.17, 15) is 9.59 Å². The maximum absolute atomic E-state index is 12.3. The highest BCUT2D eigenvalue weighted by Gasteiger charge is 2.20. The van der Waals surface area contributed by atoms with E-state index < -0.39 is 6.04 Å². The molecule has 0 radical (unpaired) electrons. The van der Waals surface area contributed by atoms with Gasteiger partial charge in [0.2, 0.25) is 0 Å². The second-order valence-electron chi connectivity index (χ2n) is 5.75. The molecule has 21 heavy (non-hydrogen) atoms. The summed E-state index contributed by atoms with van der Waals surface area (Å²) in [6.45, 7) is 7.92. The molecule has 0 fully saturated rings. The molecule has 0 aliphatic rings. The van der Waals surface area contributed by atoms with E-state index in [2.05, 4.69) is 0 Å². The van der Waals surface area contributed by atoms with Crippen LogP contribution in [0.25, 0.3) is 10.9 Å². The van der Waals surface area contributed by atoms with Crippen LogP contribution in [0.3, 0.4) is 0 Å². The number of esters is 1. The highest BCUT2D eigenvalue weighted by molar-refractivity contribution is 5.84. The van der Waals surface area contributed by atoms with Crippen LogP contribution in [0.1, 0.15) is 32.4 Å². The minimum atomic E-state index is -0.637. The van der Waals surface area contributed by atoms with E-state index in [1.165, 1.54) is 4.57 Å². The zero-order valence-corrected chi connectivity index (χ0v) is 12.9. The topological polar surface area (TPSA) is 48.3 Å². The molecule has 0 aliphatic carbocycles. The summed E-state index contributed by atoms with van der Waals surface area (Å²) in [5.74, 6) is -0.104. The molecule has 2 rings (SSSR count). The smallest absolute Gasteiger partial charge is 0.328 e. The number of para-hydroxylation sites is 1. The molecule has 1 aromatic heterocycles. The van der Waals surface area contributed by atoms with Gasteiger partial charge in [-0.15, -0.1) is 0 Å². The predicted octanol–water partition coefficient (Wildman–Crippen LogP) is 3.07. The van der Waals surface area contributed by atoms with Crippen molar-refractivity contribution in [3.8, 4) is 0 Å². The quantitative estimate of drug-likeness (QED) is 0.812. The number of fused-ring (bicyclic) bond motifs is 1. The fourth-order valence-electron chi connectivity index (χ4n) is 2.34. The van der Waals surface area contributed by atoms with Crippen LogP contribution in [-0.2, 0) is 9.53 Å². The van der Waals surface area contributed by atoms with Crippen LogP contribution in [0.2, 0.25) is 0 Å². The van der Waals surface area contributed by atoms with Crippen LogP contribution in [0.4, 0.5) is 0 Å². The molecule has 0 bridgehead atoms. The average molecular weight is 287 g/mol. The van der Waals surface area contributed by atoms with Gasteiger partial charge in [0.15, 0.2) is 0 Å². The first-order valence-corrected chi connectivity index (χ1v) is 7.19. The Morgan fingerprint density at radius 2 is 1.90 bits per heavy atom. The number of nitrogens with zero attached hydrogens (tertiary/aromatic N) is 1. The number of benzene rings is 1. The number of aromatic nitrogens is 1. The summed E-state index contributed by atoms with van der Waals surface area (Å²) in [4.78, 5) is 24.4. The Morgan fingerprint density at radius 1 is 1.24 bits per heavy atom. The second-order valence-corrected chi connectivity index (χ2v) is 5.75. The Kier molecular flexibility index (Phi) is 4.46. The molecule has 4 heteroatoms. The lowest BCUT2D eigenvalue weighted by atomic mass is 10.1. The standard InChI is InChI=1S/C17H21NO3/c1-11(2)10-21-17(20)13(4)18-15-8-6-5-7-14(15)12(3)9-16(18)19/h5-9,11,13H,10H2,1-4H3. The zero-order chi connectivity index (χ0) is 15.6. The fraction of sp³-hybridized carbons (Fsp3) is 0.412. The van der Waals surface area contributed by atoms with Crippen molar-refractivity contribution in [3.63, 3.8) is 0 Å². The molecule has 0 spiro atoms. The number of hydrogen-bond donors (Lipinski definition) is 0. The van der Waals surface area contributed by atoms with Gasteiger partial charge in [0.05, 0.1) is 12.1 Å². The number of pyridine rings is 1. The third-order valence-electron chi connectivity index (χ3n) is 3.45. The minimum absolute atomic E-state index is 0.180. The van der Waals surface area contributed by atoms with Gasteiger partial charge in [-0.1, -0.05) is 32.0 Å². The van der Waals surface area contributed by atoms with Crippen LogP contribution in [0.15, 0.2) is 35.1 Å². The van der Waals surface area contributed by atoms with Crippen molar-refractivity contribution < 1.29 is 9.53 Å². The zero-order valence-electron chi connectivity index (χ0n) is 12.9. The summed E-state index contributed by atoms with van der Waals surface area (Å²) in [6.07, 6.45) is 0. The first-order chi connectivity index (χ1) is 9.91. The van der Waals surface area contributed by atoms with Gasteiger partial charge in [-0.25, -0.2) is 4.79 Å². The van der Waals surface area contributed by atoms with E-state index in [-0.39, 0.29) is 17.4 Å². The summed E-state index contributed by atoms with van der Waals surface area (Å²) >= 11 is 0. The van der Waals surface area contributed by atoms with Gasteiger partial charge in [0.1, 0.15) is 6.04 Å². The molecule has 1 aromatic carbocycles. The van der Waals surface area contributed by atoms with Gasteiger partial charge in [0.25, 0.3) is 5.56 Å². The van der Waals surface area contributed by atoms with Crippen molar-refractivity contribution in [3.05, 3.63) is 46.2 Å². The molecule has 0 N–H and O–H groups in total. The molecule has 2 aromatic rings. The summed E-state index contributed by atoms with van der Waals surface area (Å²) < 4.78 is 6.76. The van der Waals surface area contributed by atoms with Crippen molar-refractivity contribution in [2.45, 2.75) is 33.7 Å². The van der Waals surface area contributed by atoms with E-state index in [1.807, 2.05) is 45.0 Å². The lowest BCUT2D eigenvalue weighted by Gasteiger charge is -2.18. The SMILES string of the molecule is Cc1cc(=O)n(C(C)C(=O)OCC(C)C)c2ccccc12. The summed E-state index contributed by atoms with van der Waals surface area (Å²) in [5, 5.41) is 0.973. The van der Waals surface area contributed by atoms with Crippen LogP contribution >= 0.6 is 0 Å². The molecule has 1 heterocycles. The number of hydrogen-bond acceptors (Lipinski definition) is 3. The highest BCUT2D eigenvalue weighted by Crippen LogP contribution is 2.19. The normalized spacial score (nSPS) is 12.6. The van der Waals surface area contributed by atoms with Crippen molar-refractivity contribution in [2.75, 3.05) is 6.61 Å². The first-order valence-electron chi connectivity index (χ1n) is 7.19. The third-order valence-corrected chi connectivity index (χ3v) is 3.45. The highest BCUT2D eigenvalue weighted by atomic mass is 16.5. The Bertz CT molecular complexity index is 716. The third kappa shape index (κ3) is 3.15. The van der Waals surface area contributed by atoms with Gasteiger partial charge in [-0.2, -0.15) is 0 Å². The van der Waals surface area contributed by atoms with E-state index in [0.717, 1.165) is 16.5 Å². The van der Waals surface area contributed by atoms with Crippen LogP contribution < -0.4 is 5.56 Å². The van der Waals surface area contributed by atoms with Gasteiger partial charge in [-0.05, 0) is 31.4 Å². The lowest BCUT2D eigenvalue weighted by Crippen LogP contribution is -2.30. The molecule has 1 unspecified atom stereocenters. The average Bonchev–Trinajstić information content (AvgIpc) is 2.44. The van der Waals surface area contributed by atoms with Crippen LogP contribution in [-0.4, -0.2) is 17.1 Å². The van der Waals surface area contributed by atoms with Crippen molar-refractivity contribution in [2.24, 2.45) is 5.92 Å². The number of rotatable bonds is 4. The molecule has 0 saturated heterocycles. The summed E-state index contributed by atoms with van der Waals surface area (Å²) in [7, 11) is 0. The Hall–Kier alpha value is -2.10. The monoisotopic (exact) mass is 287 g/mol. The molecule has 1 atom stereocenters. The molecule has 4 nitrogen and oxygen atoms in total. The molecule has 0 saturated carbocycles. The van der Waals surface area contributed by atoms with Crippen molar-refractivity contribution in [1.29, 1.82) is 0 Å². The Morgan fingerprint density at radius 3 is 2.57 bits per heavy atom. The minimum Gasteiger partial charge on any atom is -0.464 e. The Balaban J connectivity index is 2.46. The maximum atomic E-state index is 12.3. The molecular weight excluding hydrogens is 266 g/mol. The van der Waals surface area contributed by atoms with Gasteiger partial charge in [-0.3, -0.25) is 9.36 Å². The number of ether oxygens (including phenoxy) is 1. The number of carbonyl (C=O) groups excluding carboxylic acids is 1. The number of aryl methyl sites for hydroxylation is 1. The molecular formula is C17H21NO3. The molecule has 0 amide bonds. The van der Waals surface area contributed by atoms with E-state index in [4.69, 9.17) is 4.74 Å². The predicted molar refractivity (Wildman–Crippen MR) is 83.5 cm³/mol. The van der Waals surface area contributed by atoms with Gasteiger partial charge < -0.3 is 4.74 Å². The van der Waals surface area contributed by atoms with E-state index in [1.54, 1.807) is 13.0 Å². The molecule has 0 aliphatic heterocycles. The van der Waals surface area contributed by atoms with Gasteiger partial charge in [0, 0.05) is 11.5 Å². The van der Waals surface area contributed by atoms with Crippen LogP contribution in [0.5, 0.6) is 0 Å². The van der Waals surface area contributed by atoms with Crippen molar-refractivity contribution in [1.82, 2.24) is 4.57 Å². The van der Waals surface area contributed by atoms with Gasteiger partial charge >= 0.3 is 5.97 Å². The second kappa shape index (κ2) is 6.12. The van der Waals surface area contributed by atoms with E-state index >= 15 is 0 Å². The fourth-order valence-corrected chi connectivity index (χ4v) is 2.34. The van der Waals surface area contributed by atoms with Crippen LogP contribution in [0, 0.1) is 12.8 Å². The lowest BCUT2D eigenvalue weighted by molar-refractivity contribution is -0.148. The largest absolute Gasteiger partial charge is 0.464 e. The number of carbonyl (C=O) groups is 1. The van der Waals surface area contributed by atoms with Crippen molar-refractivity contribution >= 4 is 16.9 Å². The van der Waals surface area contributed by atoms with E-state index in [0.29, 0.717) is 6.61 Å². The first kappa shape index (κ1) is 15.3. The Labute approximate surface area is 124 Å². The molecule has 112 valence electrons. The maximum Gasteiger partial charge on any atom is 0.328 e. The summed E-state index contributed by atoms with van der Waals surface area (Å²) in [5.41, 5.74) is 1.49. The summed E-state index contributed by atoms with van der Waals surface area (Å²) in [6, 6.07) is 8.52.